The molecule has 1 aromatic carbocycles. The molecule has 1 aliphatic rings. The van der Waals surface area contributed by atoms with Crippen LogP contribution in [0, 0.1) is 5.92 Å². The summed E-state index contributed by atoms with van der Waals surface area (Å²) in [6.07, 6.45) is 2.89. The number of methoxy groups -OCH3 is 1. The number of nitrogens with one attached hydrogen (secondary N) is 2. The van der Waals surface area contributed by atoms with Gasteiger partial charge in [0.1, 0.15) is 5.82 Å². The monoisotopic (exact) mass is 458 g/mol. The minimum atomic E-state index is -0.558. The van der Waals surface area contributed by atoms with Crippen LogP contribution in [-0.4, -0.2) is 53.9 Å². The summed E-state index contributed by atoms with van der Waals surface area (Å²) in [7, 11) is 1.27. The lowest BCUT2D eigenvalue weighted by Gasteiger charge is -2.34. The summed E-state index contributed by atoms with van der Waals surface area (Å²) in [5, 5.41) is 5.97. The van der Waals surface area contributed by atoms with Gasteiger partial charge in [0.15, 0.2) is 0 Å². The number of ether oxygens (including phenoxy) is 1. The standard InChI is InChI=1S/C23H27ClN4O4/c1-14(2)28-10-8-15(9-11-28)21(29)26-19-12-16(23(31)32-3)4-6-18(19)22(30)27-20-7-5-17(24)13-25-20/h4-7,12-15H,8-11H2,1-3H3,(H,26,29)(H,25,27,30). The van der Waals surface area contributed by atoms with Gasteiger partial charge in [-0.2, -0.15) is 0 Å². The van der Waals surface area contributed by atoms with Crippen LogP contribution in [0.5, 0.6) is 0 Å². The van der Waals surface area contributed by atoms with Gasteiger partial charge in [-0.15, -0.1) is 0 Å². The number of halogens is 1. The third kappa shape index (κ3) is 5.83. The van der Waals surface area contributed by atoms with Crippen LogP contribution in [0.3, 0.4) is 0 Å². The zero-order chi connectivity index (χ0) is 23.3. The Balaban J connectivity index is 1.80. The van der Waals surface area contributed by atoms with Crippen LogP contribution >= 0.6 is 11.6 Å². The van der Waals surface area contributed by atoms with E-state index in [2.05, 4.69) is 34.4 Å². The maximum atomic E-state index is 13.0. The van der Waals surface area contributed by atoms with E-state index < -0.39 is 11.9 Å². The summed E-state index contributed by atoms with van der Waals surface area (Å²) in [5.74, 6) is -1.05. The van der Waals surface area contributed by atoms with Gasteiger partial charge >= 0.3 is 5.97 Å². The number of rotatable bonds is 6. The van der Waals surface area contributed by atoms with Crippen molar-refractivity contribution in [2.45, 2.75) is 32.7 Å². The number of hydrogen-bond donors (Lipinski definition) is 2. The van der Waals surface area contributed by atoms with E-state index in [1.807, 2.05) is 0 Å². The Kier molecular flexibility index (Phi) is 7.82. The molecule has 0 unspecified atom stereocenters. The summed E-state index contributed by atoms with van der Waals surface area (Å²) in [4.78, 5) is 44.2. The van der Waals surface area contributed by atoms with Crippen molar-refractivity contribution in [3.63, 3.8) is 0 Å². The van der Waals surface area contributed by atoms with Crippen LogP contribution in [0.2, 0.25) is 5.02 Å². The molecule has 9 heteroatoms. The van der Waals surface area contributed by atoms with Gasteiger partial charge in [-0.3, -0.25) is 9.59 Å². The van der Waals surface area contributed by atoms with Crippen LogP contribution < -0.4 is 10.6 Å². The number of pyridine rings is 1. The number of amides is 2. The summed E-state index contributed by atoms with van der Waals surface area (Å²) in [6.45, 7) is 5.96. The van der Waals surface area contributed by atoms with Crippen LogP contribution in [0.15, 0.2) is 36.5 Å². The Bertz CT molecular complexity index is 986. The van der Waals surface area contributed by atoms with Gasteiger partial charge in [0, 0.05) is 18.2 Å². The molecule has 2 N–H and O–H groups in total. The van der Waals surface area contributed by atoms with E-state index in [0.717, 1.165) is 25.9 Å². The molecule has 1 aromatic heterocycles. The fraction of sp³-hybridized carbons (Fsp3) is 0.391. The molecule has 0 aliphatic carbocycles. The SMILES string of the molecule is COC(=O)c1ccc(C(=O)Nc2ccc(Cl)cn2)c(NC(=O)C2CCN(C(C)C)CC2)c1. The van der Waals surface area contributed by atoms with E-state index in [4.69, 9.17) is 16.3 Å². The Morgan fingerprint density at radius 3 is 2.44 bits per heavy atom. The Morgan fingerprint density at radius 1 is 1.12 bits per heavy atom. The number of anilines is 2. The molecule has 3 rings (SSSR count). The highest BCUT2D eigenvalue weighted by Crippen LogP contribution is 2.24. The van der Waals surface area contributed by atoms with Crippen molar-refractivity contribution in [2.75, 3.05) is 30.8 Å². The Morgan fingerprint density at radius 2 is 1.84 bits per heavy atom. The predicted octanol–water partition coefficient (Wildman–Crippen LogP) is 3.83. The maximum Gasteiger partial charge on any atom is 0.337 e. The molecule has 170 valence electrons. The van der Waals surface area contributed by atoms with Gasteiger partial charge in [0.2, 0.25) is 5.91 Å². The van der Waals surface area contributed by atoms with E-state index in [1.165, 1.54) is 31.5 Å². The number of carbonyl (C=O) groups excluding carboxylic acids is 3. The fourth-order valence-corrected chi connectivity index (χ4v) is 3.75. The lowest BCUT2D eigenvalue weighted by molar-refractivity contribution is -0.121. The highest BCUT2D eigenvalue weighted by molar-refractivity contribution is 6.30. The number of carbonyl (C=O) groups is 3. The molecule has 0 spiro atoms. The second-order valence-corrected chi connectivity index (χ2v) is 8.40. The smallest absolute Gasteiger partial charge is 0.337 e. The summed E-state index contributed by atoms with van der Waals surface area (Å²) in [5.41, 5.74) is 0.691. The maximum absolute atomic E-state index is 13.0. The van der Waals surface area contributed by atoms with Crippen molar-refractivity contribution in [3.8, 4) is 0 Å². The zero-order valence-electron chi connectivity index (χ0n) is 18.4. The van der Waals surface area contributed by atoms with Gasteiger partial charge in [0.25, 0.3) is 5.91 Å². The van der Waals surface area contributed by atoms with Crippen molar-refractivity contribution in [3.05, 3.63) is 52.7 Å². The topological polar surface area (TPSA) is 101 Å². The van der Waals surface area contributed by atoms with Crippen molar-refractivity contribution in [2.24, 2.45) is 5.92 Å². The zero-order valence-corrected chi connectivity index (χ0v) is 19.1. The molecule has 1 fully saturated rings. The van der Waals surface area contributed by atoms with Crippen molar-refractivity contribution >= 4 is 40.9 Å². The number of benzene rings is 1. The molecule has 0 atom stereocenters. The molecular formula is C23H27ClN4O4. The average molecular weight is 459 g/mol. The first-order valence-corrected chi connectivity index (χ1v) is 10.9. The molecular weight excluding hydrogens is 432 g/mol. The third-order valence-corrected chi connectivity index (χ3v) is 5.77. The molecule has 0 bridgehead atoms. The van der Waals surface area contributed by atoms with Crippen molar-refractivity contribution < 1.29 is 19.1 Å². The summed E-state index contributed by atoms with van der Waals surface area (Å²) < 4.78 is 4.77. The highest BCUT2D eigenvalue weighted by atomic mass is 35.5. The van der Waals surface area contributed by atoms with E-state index >= 15 is 0 Å². The molecule has 0 radical (unpaired) electrons. The van der Waals surface area contributed by atoms with Gasteiger partial charge in [-0.25, -0.2) is 9.78 Å². The summed E-state index contributed by atoms with van der Waals surface area (Å²) in [6, 6.07) is 8.03. The number of piperidine rings is 1. The second-order valence-electron chi connectivity index (χ2n) is 7.96. The van der Waals surface area contributed by atoms with E-state index in [9.17, 15) is 14.4 Å². The number of likely N-dealkylation sites (tertiary alicyclic amines) is 1. The van der Waals surface area contributed by atoms with Crippen molar-refractivity contribution in [1.82, 2.24) is 9.88 Å². The van der Waals surface area contributed by atoms with Crippen molar-refractivity contribution in [1.29, 1.82) is 0 Å². The van der Waals surface area contributed by atoms with Gasteiger partial charge < -0.3 is 20.3 Å². The number of hydrogen-bond acceptors (Lipinski definition) is 6. The third-order valence-electron chi connectivity index (χ3n) is 5.54. The molecule has 2 aromatic rings. The lowest BCUT2D eigenvalue weighted by Crippen LogP contribution is -2.41. The minimum absolute atomic E-state index is 0.166. The molecule has 0 saturated carbocycles. The van der Waals surface area contributed by atoms with Crippen LogP contribution in [0.4, 0.5) is 11.5 Å². The second kappa shape index (κ2) is 10.6. The number of aromatic nitrogens is 1. The van der Waals surface area contributed by atoms with Crippen LogP contribution in [0.25, 0.3) is 0 Å². The van der Waals surface area contributed by atoms with E-state index in [0.29, 0.717) is 16.9 Å². The van der Waals surface area contributed by atoms with E-state index in [-0.39, 0.29) is 28.6 Å². The van der Waals surface area contributed by atoms with E-state index in [1.54, 1.807) is 12.1 Å². The highest BCUT2D eigenvalue weighted by Gasteiger charge is 2.27. The quantitative estimate of drug-likeness (QED) is 0.638. The van der Waals surface area contributed by atoms with Crippen LogP contribution in [0.1, 0.15) is 47.4 Å². The molecule has 1 saturated heterocycles. The normalized spacial score (nSPS) is 14.8. The Labute approximate surface area is 192 Å². The molecule has 32 heavy (non-hydrogen) atoms. The first kappa shape index (κ1) is 23.7. The van der Waals surface area contributed by atoms with Crippen LogP contribution in [-0.2, 0) is 9.53 Å². The fourth-order valence-electron chi connectivity index (χ4n) is 3.64. The average Bonchev–Trinajstić information content (AvgIpc) is 2.79. The minimum Gasteiger partial charge on any atom is -0.465 e. The number of esters is 1. The van der Waals surface area contributed by atoms with Gasteiger partial charge in [0.05, 0.1) is 28.9 Å². The predicted molar refractivity (Wildman–Crippen MR) is 123 cm³/mol. The molecule has 2 heterocycles. The summed E-state index contributed by atoms with van der Waals surface area (Å²) >= 11 is 5.84. The molecule has 2 amide bonds. The van der Waals surface area contributed by atoms with Gasteiger partial charge in [-0.1, -0.05) is 11.6 Å². The largest absolute Gasteiger partial charge is 0.465 e. The lowest BCUT2D eigenvalue weighted by atomic mass is 9.94. The number of nitrogens with zero attached hydrogens (tertiary/aromatic N) is 2. The first-order valence-electron chi connectivity index (χ1n) is 10.5. The van der Waals surface area contributed by atoms with Gasteiger partial charge in [-0.05, 0) is 70.1 Å². The Hall–Kier alpha value is -2.97. The molecule has 8 nitrogen and oxygen atoms in total. The molecule has 1 aliphatic heterocycles. The first-order chi connectivity index (χ1) is 15.3.